The summed E-state index contributed by atoms with van der Waals surface area (Å²) >= 11 is 19.5. The highest BCUT2D eigenvalue weighted by Crippen LogP contribution is 2.30. The number of nitrogens with zero attached hydrogens (tertiary/aromatic N) is 3. The lowest BCUT2D eigenvalue weighted by Gasteiger charge is -2.03. The Hall–Kier alpha value is -2.19. The lowest BCUT2D eigenvalue weighted by molar-refractivity contribution is -0.384. The van der Waals surface area contributed by atoms with E-state index < -0.39 is 4.92 Å². The molecule has 26 heavy (non-hydrogen) atoms. The quantitative estimate of drug-likeness (QED) is 0.230. The van der Waals surface area contributed by atoms with Crippen molar-refractivity contribution in [2.45, 2.75) is 0 Å². The molecule has 0 radical (unpaired) electrons. The Bertz CT molecular complexity index is 990. The van der Waals surface area contributed by atoms with Crippen molar-refractivity contribution < 1.29 is 4.92 Å². The molecule has 0 atom stereocenters. The van der Waals surface area contributed by atoms with Gasteiger partial charge in [-0.05, 0) is 24.3 Å². The number of halogens is 3. The third kappa shape index (κ3) is 4.13. The number of benzene rings is 2. The predicted octanol–water partition coefficient (Wildman–Crippen LogP) is 6.12. The minimum atomic E-state index is -0.446. The Morgan fingerprint density at radius 3 is 2.50 bits per heavy atom. The highest BCUT2D eigenvalue weighted by molar-refractivity contribution is 7.14. The first-order chi connectivity index (χ1) is 12.5. The van der Waals surface area contributed by atoms with Crippen molar-refractivity contribution in [2.75, 3.05) is 5.43 Å². The van der Waals surface area contributed by atoms with Crippen LogP contribution in [0.25, 0.3) is 11.3 Å². The van der Waals surface area contributed by atoms with Crippen molar-refractivity contribution in [1.82, 2.24) is 4.98 Å². The van der Waals surface area contributed by atoms with Crippen LogP contribution in [0.15, 0.2) is 46.9 Å². The van der Waals surface area contributed by atoms with Gasteiger partial charge in [0.2, 0.25) is 5.13 Å². The van der Waals surface area contributed by atoms with E-state index in [9.17, 15) is 10.1 Å². The van der Waals surface area contributed by atoms with Crippen LogP contribution in [0.4, 0.5) is 10.8 Å². The van der Waals surface area contributed by atoms with Crippen LogP contribution in [0.1, 0.15) is 5.56 Å². The fourth-order valence-corrected chi connectivity index (χ4v) is 3.33. The zero-order valence-corrected chi connectivity index (χ0v) is 15.9. The van der Waals surface area contributed by atoms with Gasteiger partial charge in [-0.25, -0.2) is 4.98 Å². The van der Waals surface area contributed by atoms with Crippen molar-refractivity contribution in [3.8, 4) is 11.3 Å². The Labute approximate surface area is 167 Å². The van der Waals surface area contributed by atoms with Gasteiger partial charge >= 0.3 is 0 Å². The van der Waals surface area contributed by atoms with Gasteiger partial charge in [0.1, 0.15) is 0 Å². The van der Waals surface area contributed by atoms with Crippen molar-refractivity contribution in [3.63, 3.8) is 0 Å². The zero-order chi connectivity index (χ0) is 18.7. The number of aromatic nitrogens is 1. The molecule has 3 rings (SSSR count). The first-order valence-electron chi connectivity index (χ1n) is 7.08. The number of nitro groups is 1. The van der Waals surface area contributed by atoms with Crippen LogP contribution >= 0.6 is 46.1 Å². The average Bonchev–Trinajstić information content (AvgIpc) is 3.10. The largest absolute Gasteiger partial charge is 0.269 e. The summed E-state index contributed by atoms with van der Waals surface area (Å²) < 4.78 is 0. The second kappa shape index (κ2) is 8.01. The number of nitro benzene ring substituents is 1. The van der Waals surface area contributed by atoms with E-state index >= 15 is 0 Å². The summed E-state index contributed by atoms with van der Waals surface area (Å²) in [5.41, 5.74) is 4.78. The maximum absolute atomic E-state index is 10.7. The van der Waals surface area contributed by atoms with Gasteiger partial charge in [0, 0.05) is 28.6 Å². The minimum absolute atomic E-state index is 0.0298. The Morgan fingerprint density at radius 2 is 1.81 bits per heavy atom. The number of hydrogen-bond donors (Lipinski definition) is 1. The lowest BCUT2D eigenvalue weighted by Crippen LogP contribution is -1.92. The van der Waals surface area contributed by atoms with Crippen LogP contribution in [0.3, 0.4) is 0 Å². The number of hydrogen-bond acceptors (Lipinski definition) is 6. The van der Waals surface area contributed by atoms with Crippen LogP contribution < -0.4 is 5.43 Å². The molecule has 0 aliphatic rings. The molecule has 1 aromatic heterocycles. The van der Waals surface area contributed by atoms with E-state index in [1.807, 2.05) is 5.38 Å². The Kier molecular flexibility index (Phi) is 5.73. The molecule has 0 amide bonds. The van der Waals surface area contributed by atoms with Crippen LogP contribution in [0.5, 0.6) is 0 Å². The Balaban J connectivity index is 1.73. The summed E-state index contributed by atoms with van der Waals surface area (Å²) in [6.07, 6.45) is 1.46. The van der Waals surface area contributed by atoms with Crippen molar-refractivity contribution >= 4 is 63.2 Å². The third-order valence-corrected chi connectivity index (χ3v) is 5.21. The van der Waals surface area contributed by atoms with E-state index in [1.165, 1.54) is 29.7 Å². The molecule has 3 aromatic rings. The van der Waals surface area contributed by atoms with Crippen LogP contribution in [0, 0.1) is 10.1 Å². The standard InChI is InChI=1S/C16H9Cl3N4O2S/c17-12-5-6-13(18)15(19)11(12)7-20-22-16-21-14(8-26-16)9-1-3-10(4-2-9)23(24)25/h1-8H,(H,21,22)/b20-7+. The smallest absolute Gasteiger partial charge is 0.258 e. The van der Waals surface area contributed by atoms with Gasteiger partial charge in [0.05, 0.1) is 31.9 Å². The number of thiazole rings is 1. The van der Waals surface area contributed by atoms with Gasteiger partial charge in [0.15, 0.2) is 0 Å². The van der Waals surface area contributed by atoms with E-state index in [1.54, 1.807) is 24.3 Å². The van der Waals surface area contributed by atoms with Crippen molar-refractivity contribution in [3.05, 3.63) is 72.5 Å². The second-order valence-electron chi connectivity index (χ2n) is 4.97. The summed E-state index contributed by atoms with van der Waals surface area (Å²) in [5.74, 6) is 0. The van der Waals surface area contributed by atoms with E-state index in [0.717, 1.165) is 5.56 Å². The normalized spacial score (nSPS) is 11.0. The SMILES string of the molecule is O=[N+]([O-])c1ccc(-c2csc(N/N=C/c3c(Cl)ccc(Cl)c3Cl)n2)cc1. The van der Waals surface area contributed by atoms with Crippen LogP contribution in [-0.2, 0) is 0 Å². The summed E-state index contributed by atoms with van der Waals surface area (Å²) in [4.78, 5) is 14.6. The molecule has 0 aliphatic carbocycles. The van der Waals surface area contributed by atoms with E-state index in [-0.39, 0.29) is 5.69 Å². The number of nitrogens with one attached hydrogen (secondary N) is 1. The summed E-state index contributed by atoms with van der Waals surface area (Å²) in [6.45, 7) is 0. The molecule has 0 fully saturated rings. The summed E-state index contributed by atoms with van der Waals surface area (Å²) in [7, 11) is 0. The zero-order valence-electron chi connectivity index (χ0n) is 12.8. The van der Waals surface area contributed by atoms with Gasteiger partial charge in [-0.2, -0.15) is 5.10 Å². The van der Waals surface area contributed by atoms with Crippen molar-refractivity contribution in [1.29, 1.82) is 0 Å². The average molecular weight is 428 g/mol. The molecule has 0 aliphatic heterocycles. The van der Waals surface area contributed by atoms with Gasteiger partial charge < -0.3 is 0 Å². The molecular formula is C16H9Cl3N4O2S. The molecule has 6 nitrogen and oxygen atoms in total. The van der Waals surface area contributed by atoms with Crippen molar-refractivity contribution in [2.24, 2.45) is 5.10 Å². The fraction of sp³-hybridized carbons (Fsp3) is 0. The molecular weight excluding hydrogens is 419 g/mol. The molecule has 10 heteroatoms. The molecule has 0 unspecified atom stereocenters. The number of anilines is 1. The van der Waals surface area contributed by atoms with Gasteiger partial charge in [0.25, 0.3) is 5.69 Å². The monoisotopic (exact) mass is 426 g/mol. The van der Waals surface area contributed by atoms with E-state index in [4.69, 9.17) is 34.8 Å². The first kappa shape index (κ1) is 18.6. The van der Waals surface area contributed by atoms with E-state index in [0.29, 0.717) is 31.5 Å². The summed E-state index contributed by atoms with van der Waals surface area (Å²) in [5, 5.41) is 18.3. The van der Waals surface area contributed by atoms with Gasteiger partial charge in [-0.1, -0.05) is 34.8 Å². The molecule has 0 saturated carbocycles. The number of rotatable bonds is 5. The molecule has 0 spiro atoms. The number of non-ortho nitro benzene ring substituents is 1. The lowest BCUT2D eigenvalue weighted by atomic mass is 10.1. The van der Waals surface area contributed by atoms with E-state index in [2.05, 4.69) is 15.5 Å². The molecule has 1 heterocycles. The first-order valence-corrected chi connectivity index (χ1v) is 9.10. The highest BCUT2D eigenvalue weighted by Gasteiger charge is 2.09. The summed E-state index contributed by atoms with van der Waals surface area (Å²) in [6, 6.07) is 9.39. The molecule has 2 aromatic carbocycles. The highest BCUT2D eigenvalue weighted by atomic mass is 35.5. The predicted molar refractivity (Wildman–Crippen MR) is 107 cm³/mol. The molecule has 0 bridgehead atoms. The molecule has 132 valence electrons. The minimum Gasteiger partial charge on any atom is -0.258 e. The maximum atomic E-state index is 10.7. The topological polar surface area (TPSA) is 80.4 Å². The number of hydrazone groups is 1. The van der Waals surface area contributed by atoms with Crippen LogP contribution in [0.2, 0.25) is 15.1 Å². The third-order valence-electron chi connectivity index (χ3n) is 3.31. The second-order valence-corrected chi connectivity index (χ2v) is 7.02. The maximum Gasteiger partial charge on any atom is 0.269 e. The fourth-order valence-electron chi connectivity index (χ4n) is 2.02. The van der Waals surface area contributed by atoms with Gasteiger partial charge in [-0.15, -0.1) is 11.3 Å². The van der Waals surface area contributed by atoms with Crippen LogP contribution in [-0.4, -0.2) is 16.1 Å². The molecule has 0 saturated heterocycles. The van der Waals surface area contributed by atoms with Gasteiger partial charge in [-0.3, -0.25) is 15.5 Å². The molecule has 1 N–H and O–H groups in total. The Morgan fingerprint density at radius 1 is 1.12 bits per heavy atom.